The van der Waals surface area contributed by atoms with Crippen LogP contribution in [0.3, 0.4) is 0 Å². The van der Waals surface area contributed by atoms with Crippen molar-refractivity contribution in [1.29, 1.82) is 0 Å². The number of pyridine rings is 1. The van der Waals surface area contributed by atoms with Crippen molar-refractivity contribution in [3.63, 3.8) is 0 Å². The van der Waals surface area contributed by atoms with Gasteiger partial charge in [-0.05, 0) is 42.8 Å². The summed E-state index contributed by atoms with van der Waals surface area (Å²) in [5.41, 5.74) is 2.84. The molecule has 0 saturated carbocycles. The Morgan fingerprint density at radius 3 is 2.36 bits per heavy atom. The summed E-state index contributed by atoms with van der Waals surface area (Å²) in [6, 6.07) is 12.6. The summed E-state index contributed by atoms with van der Waals surface area (Å²) in [5, 5.41) is 1.11. The highest BCUT2D eigenvalue weighted by atomic mass is 35.5. The number of thiazole rings is 1. The van der Waals surface area contributed by atoms with Crippen LogP contribution in [0.15, 0.2) is 48.7 Å². The second-order valence-electron chi connectivity index (χ2n) is 7.16. The van der Waals surface area contributed by atoms with E-state index in [1.807, 2.05) is 37.3 Å². The van der Waals surface area contributed by atoms with Crippen LogP contribution in [0.2, 0.25) is 5.02 Å². The molecule has 0 saturated heterocycles. The maximum atomic E-state index is 13.8. The number of anilines is 1. The Morgan fingerprint density at radius 1 is 1.06 bits per heavy atom. The van der Waals surface area contributed by atoms with Crippen LogP contribution in [-0.4, -0.2) is 37.2 Å². The monoisotopic (exact) mass is 483 g/mol. The lowest BCUT2D eigenvalue weighted by Crippen LogP contribution is -2.30. The van der Waals surface area contributed by atoms with Crippen molar-refractivity contribution < 1.29 is 19.0 Å². The first kappa shape index (κ1) is 22.8. The molecular formula is C24H22ClN3O4S. The van der Waals surface area contributed by atoms with E-state index in [1.165, 1.54) is 32.7 Å². The van der Waals surface area contributed by atoms with E-state index in [4.69, 9.17) is 30.8 Å². The van der Waals surface area contributed by atoms with Crippen molar-refractivity contribution in [2.75, 3.05) is 26.2 Å². The molecule has 33 heavy (non-hydrogen) atoms. The average molecular weight is 484 g/mol. The zero-order chi connectivity index (χ0) is 23.5. The SMILES string of the molecule is COc1cc(C(=O)N(Cc2ccccn2)c2nc3c(C)ccc(Cl)c3s2)cc(OC)c1OC. The minimum absolute atomic E-state index is 0.229. The first-order valence-electron chi connectivity index (χ1n) is 10.0. The Balaban J connectivity index is 1.85. The molecule has 1 amide bonds. The van der Waals surface area contributed by atoms with E-state index >= 15 is 0 Å². The minimum Gasteiger partial charge on any atom is -0.493 e. The maximum Gasteiger partial charge on any atom is 0.260 e. The number of halogens is 1. The molecule has 9 heteroatoms. The number of aromatic nitrogens is 2. The van der Waals surface area contributed by atoms with Crippen molar-refractivity contribution in [3.8, 4) is 17.2 Å². The number of aryl methyl sites for hydroxylation is 1. The Bertz CT molecular complexity index is 1250. The summed E-state index contributed by atoms with van der Waals surface area (Å²) in [7, 11) is 4.54. The molecule has 2 heterocycles. The van der Waals surface area contributed by atoms with Gasteiger partial charge in [0.25, 0.3) is 5.91 Å². The first-order chi connectivity index (χ1) is 16.0. The Kier molecular flexibility index (Phi) is 6.67. The molecule has 0 aliphatic carbocycles. The topological polar surface area (TPSA) is 73.8 Å². The number of amides is 1. The number of benzene rings is 2. The third kappa shape index (κ3) is 4.44. The van der Waals surface area contributed by atoms with E-state index in [9.17, 15) is 4.79 Å². The highest BCUT2D eigenvalue weighted by molar-refractivity contribution is 7.23. The quantitative estimate of drug-likeness (QED) is 0.344. The van der Waals surface area contributed by atoms with Crippen LogP contribution in [0.4, 0.5) is 5.13 Å². The van der Waals surface area contributed by atoms with E-state index < -0.39 is 0 Å². The summed E-state index contributed by atoms with van der Waals surface area (Å²) in [4.78, 5) is 24.5. The van der Waals surface area contributed by atoms with Gasteiger partial charge in [-0.3, -0.25) is 14.7 Å². The lowest BCUT2D eigenvalue weighted by molar-refractivity contribution is 0.0984. The molecule has 0 fully saturated rings. The lowest BCUT2D eigenvalue weighted by Gasteiger charge is -2.21. The fraction of sp³-hybridized carbons (Fsp3) is 0.208. The smallest absolute Gasteiger partial charge is 0.260 e. The van der Waals surface area contributed by atoms with Gasteiger partial charge in [-0.25, -0.2) is 4.98 Å². The Hall–Kier alpha value is -3.36. The van der Waals surface area contributed by atoms with Crippen molar-refractivity contribution in [2.24, 2.45) is 0 Å². The van der Waals surface area contributed by atoms with Gasteiger partial charge in [0.1, 0.15) is 0 Å². The van der Waals surface area contributed by atoms with Gasteiger partial charge < -0.3 is 14.2 Å². The largest absolute Gasteiger partial charge is 0.493 e. The molecule has 0 N–H and O–H groups in total. The third-order valence-electron chi connectivity index (χ3n) is 5.12. The van der Waals surface area contributed by atoms with Gasteiger partial charge in [-0.15, -0.1) is 0 Å². The first-order valence-corrected chi connectivity index (χ1v) is 11.2. The standard InChI is InChI=1S/C24H22ClN3O4S/c1-14-8-9-17(25)22-20(14)27-24(33-22)28(13-16-7-5-6-10-26-16)23(29)15-11-18(30-2)21(32-4)19(12-15)31-3/h5-12H,13H2,1-4H3. The molecule has 0 radical (unpaired) electrons. The van der Waals surface area contributed by atoms with Gasteiger partial charge in [-0.1, -0.05) is 35.1 Å². The van der Waals surface area contributed by atoms with E-state index in [1.54, 1.807) is 23.2 Å². The van der Waals surface area contributed by atoms with Crippen LogP contribution >= 0.6 is 22.9 Å². The molecule has 2 aromatic carbocycles. The number of methoxy groups -OCH3 is 3. The molecule has 2 aromatic heterocycles. The van der Waals surface area contributed by atoms with Crippen molar-refractivity contribution >= 4 is 44.2 Å². The second-order valence-corrected chi connectivity index (χ2v) is 8.55. The Labute approximate surface area is 200 Å². The number of hydrogen-bond acceptors (Lipinski definition) is 7. The molecular weight excluding hydrogens is 462 g/mol. The van der Waals surface area contributed by atoms with E-state index in [0.717, 1.165) is 21.5 Å². The summed E-state index contributed by atoms with van der Waals surface area (Å²) in [6.45, 7) is 2.19. The fourth-order valence-electron chi connectivity index (χ4n) is 3.45. The Morgan fingerprint density at radius 2 is 1.79 bits per heavy atom. The van der Waals surface area contributed by atoms with Crippen molar-refractivity contribution in [1.82, 2.24) is 9.97 Å². The number of ether oxygens (including phenoxy) is 3. The molecule has 0 aliphatic rings. The van der Waals surface area contributed by atoms with E-state index in [0.29, 0.717) is 33.0 Å². The number of carbonyl (C=O) groups is 1. The van der Waals surface area contributed by atoms with Crippen molar-refractivity contribution in [2.45, 2.75) is 13.5 Å². The van der Waals surface area contributed by atoms with Crippen LogP contribution in [0.5, 0.6) is 17.2 Å². The molecule has 7 nitrogen and oxygen atoms in total. The zero-order valence-corrected chi connectivity index (χ0v) is 20.2. The molecule has 0 bridgehead atoms. The molecule has 4 rings (SSSR count). The van der Waals surface area contributed by atoms with Crippen LogP contribution < -0.4 is 19.1 Å². The summed E-state index contributed by atoms with van der Waals surface area (Å²) in [5.74, 6) is 0.908. The van der Waals surface area contributed by atoms with Crippen LogP contribution in [-0.2, 0) is 6.54 Å². The summed E-state index contributed by atoms with van der Waals surface area (Å²) in [6.07, 6.45) is 1.69. The van der Waals surface area contributed by atoms with Gasteiger partial charge >= 0.3 is 0 Å². The lowest BCUT2D eigenvalue weighted by atomic mass is 10.1. The van der Waals surface area contributed by atoms with Crippen LogP contribution in [0.1, 0.15) is 21.6 Å². The predicted octanol–water partition coefficient (Wildman–Crippen LogP) is 5.53. The van der Waals surface area contributed by atoms with E-state index in [-0.39, 0.29) is 12.5 Å². The van der Waals surface area contributed by atoms with Crippen LogP contribution in [0, 0.1) is 6.92 Å². The molecule has 170 valence electrons. The minimum atomic E-state index is -0.285. The third-order valence-corrected chi connectivity index (χ3v) is 6.66. The number of hydrogen-bond donors (Lipinski definition) is 0. The molecule has 0 unspecified atom stereocenters. The summed E-state index contributed by atoms with van der Waals surface area (Å²) >= 11 is 7.79. The average Bonchev–Trinajstić information content (AvgIpc) is 3.30. The normalized spacial score (nSPS) is 10.8. The van der Waals surface area contributed by atoms with Gasteiger partial charge in [0.2, 0.25) is 5.75 Å². The number of fused-ring (bicyclic) bond motifs is 1. The van der Waals surface area contributed by atoms with E-state index in [2.05, 4.69) is 4.98 Å². The molecule has 0 spiro atoms. The predicted molar refractivity (Wildman–Crippen MR) is 130 cm³/mol. The molecule has 0 atom stereocenters. The highest BCUT2D eigenvalue weighted by Crippen LogP contribution is 2.40. The number of carbonyl (C=O) groups excluding carboxylic acids is 1. The van der Waals surface area contributed by atoms with Gasteiger partial charge in [0.15, 0.2) is 16.6 Å². The van der Waals surface area contributed by atoms with Gasteiger partial charge in [0.05, 0.1) is 48.8 Å². The molecule has 0 aliphatic heterocycles. The van der Waals surface area contributed by atoms with Crippen LogP contribution in [0.25, 0.3) is 10.2 Å². The fourth-order valence-corrected chi connectivity index (χ4v) is 4.76. The zero-order valence-electron chi connectivity index (χ0n) is 18.6. The second kappa shape index (κ2) is 9.64. The number of rotatable bonds is 7. The maximum absolute atomic E-state index is 13.8. The van der Waals surface area contributed by atoms with Gasteiger partial charge in [-0.2, -0.15) is 0 Å². The molecule has 4 aromatic rings. The summed E-state index contributed by atoms with van der Waals surface area (Å²) < 4.78 is 17.1. The van der Waals surface area contributed by atoms with Crippen molar-refractivity contribution in [3.05, 3.63) is 70.5 Å². The number of nitrogens with zero attached hydrogens (tertiary/aromatic N) is 3. The highest BCUT2D eigenvalue weighted by Gasteiger charge is 2.26. The van der Waals surface area contributed by atoms with Gasteiger partial charge in [0, 0.05) is 11.8 Å².